The Balaban J connectivity index is 1.99. The summed E-state index contributed by atoms with van der Waals surface area (Å²) in [6.07, 6.45) is -3.24. The van der Waals surface area contributed by atoms with Gasteiger partial charge in [-0.3, -0.25) is 0 Å². The quantitative estimate of drug-likeness (QED) is 0.455. The van der Waals surface area contributed by atoms with Gasteiger partial charge in [0.1, 0.15) is 0 Å². The standard InChI is InChI=1S/C22H22BrClF3N3O2S/c1-14(12-28)19(24)11-15-6-7-16(10-18(15)23)20-13-29-8-9-30(20)33(31,32)21-5-3-2-4-17(21)22(25,26)27/h2-7,10,12,20,28-29H,8-9,11,13H2,1H3/b19-14+,28-12?. The van der Waals surface area contributed by atoms with Crippen LogP contribution in [0.1, 0.15) is 29.7 Å². The van der Waals surface area contributed by atoms with Crippen LogP contribution in [0.4, 0.5) is 13.2 Å². The van der Waals surface area contributed by atoms with E-state index in [0.29, 0.717) is 33.6 Å². The first-order valence-electron chi connectivity index (χ1n) is 9.99. The summed E-state index contributed by atoms with van der Waals surface area (Å²) in [5.41, 5.74) is 0.923. The maximum Gasteiger partial charge on any atom is 0.417 e. The van der Waals surface area contributed by atoms with Crippen molar-refractivity contribution in [1.82, 2.24) is 9.62 Å². The maximum atomic E-state index is 13.5. The van der Waals surface area contributed by atoms with Crippen LogP contribution < -0.4 is 5.32 Å². The topological polar surface area (TPSA) is 73.3 Å². The van der Waals surface area contributed by atoms with Crippen molar-refractivity contribution < 1.29 is 21.6 Å². The van der Waals surface area contributed by atoms with Gasteiger partial charge in [-0.05, 0) is 41.8 Å². The molecule has 178 valence electrons. The second-order valence-electron chi connectivity index (χ2n) is 7.59. The number of rotatable bonds is 6. The molecule has 1 unspecified atom stereocenters. The zero-order chi connectivity index (χ0) is 24.4. The molecule has 1 saturated heterocycles. The van der Waals surface area contributed by atoms with Gasteiger partial charge in [0.15, 0.2) is 0 Å². The van der Waals surface area contributed by atoms with E-state index in [0.717, 1.165) is 22.0 Å². The number of nitrogens with one attached hydrogen (secondary N) is 2. The third-order valence-corrected chi connectivity index (χ3v) is 8.56. The van der Waals surface area contributed by atoms with Crippen molar-refractivity contribution in [3.8, 4) is 0 Å². The fourth-order valence-corrected chi connectivity index (χ4v) is 6.17. The number of benzene rings is 2. The SMILES string of the molecule is C/C(C=N)=C(\Cl)Cc1ccc(C2CNCCN2S(=O)(=O)c2ccccc2C(F)(F)F)cc1Br. The van der Waals surface area contributed by atoms with Gasteiger partial charge >= 0.3 is 6.18 Å². The summed E-state index contributed by atoms with van der Waals surface area (Å²) in [5.74, 6) is 0. The van der Waals surface area contributed by atoms with E-state index in [9.17, 15) is 21.6 Å². The lowest BCUT2D eigenvalue weighted by Crippen LogP contribution is -2.48. The molecule has 2 N–H and O–H groups in total. The number of halogens is 5. The molecule has 5 nitrogen and oxygen atoms in total. The Morgan fingerprint density at radius 3 is 2.64 bits per heavy atom. The smallest absolute Gasteiger partial charge is 0.313 e. The Morgan fingerprint density at radius 2 is 2.00 bits per heavy atom. The average molecular weight is 565 g/mol. The van der Waals surface area contributed by atoms with Crippen molar-refractivity contribution in [3.05, 3.63) is 74.2 Å². The van der Waals surface area contributed by atoms with Crippen molar-refractivity contribution in [2.24, 2.45) is 0 Å². The van der Waals surface area contributed by atoms with Crippen molar-refractivity contribution in [2.75, 3.05) is 19.6 Å². The normalized spacial score (nSPS) is 18.7. The van der Waals surface area contributed by atoms with Gasteiger partial charge in [0.2, 0.25) is 10.0 Å². The summed E-state index contributed by atoms with van der Waals surface area (Å²) in [7, 11) is -4.43. The van der Waals surface area contributed by atoms with E-state index >= 15 is 0 Å². The summed E-state index contributed by atoms with van der Waals surface area (Å²) < 4.78 is 69.1. The molecule has 2 aromatic carbocycles. The fourth-order valence-electron chi connectivity index (χ4n) is 3.61. The molecule has 33 heavy (non-hydrogen) atoms. The molecule has 0 aliphatic carbocycles. The highest BCUT2D eigenvalue weighted by molar-refractivity contribution is 9.10. The Labute approximate surface area is 204 Å². The van der Waals surface area contributed by atoms with Gasteiger partial charge in [-0.25, -0.2) is 8.42 Å². The van der Waals surface area contributed by atoms with Gasteiger partial charge in [-0.1, -0.05) is 51.8 Å². The molecule has 3 rings (SSSR count). The van der Waals surface area contributed by atoms with Crippen molar-refractivity contribution in [1.29, 1.82) is 5.41 Å². The fraction of sp³-hybridized carbons (Fsp3) is 0.318. The molecule has 0 saturated carbocycles. The van der Waals surface area contributed by atoms with Crippen molar-refractivity contribution >= 4 is 43.8 Å². The highest BCUT2D eigenvalue weighted by Gasteiger charge is 2.41. The van der Waals surface area contributed by atoms with E-state index in [4.69, 9.17) is 17.0 Å². The molecule has 1 atom stereocenters. The minimum absolute atomic E-state index is 0.0334. The van der Waals surface area contributed by atoms with Crippen LogP contribution in [0.3, 0.4) is 0 Å². The highest BCUT2D eigenvalue weighted by atomic mass is 79.9. The second-order valence-corrected chi connectivity index (χ2v) is 10.8. The van der Waals surface area contributed by atoms with Crippen LogP contribution in [0.5, 0.6) is 0 Å². The number of hydrogen-bond acceptors (Lipinski definition) is 4. The van der Waals surface area contributed by atoms with Crippen molar-refractivity contribution in [2.45, 2.75) is 30.5 Å². The highest BCUT2D eigenvalue weighted by Crippen LogP contribution is 2.38. The average Bonchev–Trinajstić information content (AvgIpc) is 2.79. The first-order valence-corrected chi connectivity index (χ1v) is 12.6. The molecule has 11 heteroatoms. The van der Waals surface area contributed by atoms with Crippen molar-refractivity contribution in [3.63, 3.8) is 0 Å². The third kappa shape index (κ3) is 5.68. The molecule has 1 fully saturated rings. The van der Waals surface area contributed by atoms with Gasteiger partial charge < -0.3 is 10.7 Å². The Kier molecular flexibility index (Phi) is 8.06. The van der Waals surface area contributed by atoms with E-state index in [2.05, 4.69) is 21.2 Å². The van der Waals surface area contributed by atoms with E-state index in [1.807, 2.05) is 0 Å². The number of allylic oxidation sites excluding steroid dienone is 2. The van der Waals surface area contributed by atoms with E-state index in [1.165, 1.54) is 18.3 Å². The van der Waals surface area contributed by atoms with Crippen LogP contribution in [-0.2, 0) is 22.6 Å². The summed E-state index contributed by atoms with van der Waals surface area (Å²) in [6.45, 7) is 2.34. The largest absolute Gasteiger partial charge is 0.417 e. The molecule has 2 aromatic rings. The minimum atomic E-state index is -4.79. The summed E-state index contributed by atoms with van der Waals surface area (Å²) in [4.78, 5) is -0.751. The Hall–Kier alpha value is -1.72. The lowest BCUT2D eigenvalue weighted by Gasteiger charge is -2.36. The molecule has 0 amide bonds. The van der Waals surface area contributed by atoms with Gasteiger partial charge in [0.05, 0.1) is 16.5 Å². The van der Waals surface area contributed by atoms with E-state index in [-0.39, 0.29) is 13.1 Å². The number of piperazine rings is 1. The van der Waals surface area contributed by atoms with Crippen LogP contribution in [0.15, 0.2) is 62.4 Å². The summed E-state index contributed by atoms with van der Waals surface area (Å²) in [6, 6.07) is 8.85. The summed E-state index contributed by atoms with van der Waals surface area (Å²) in [5, 5.41) is 10.9. The number of nitrogens with zero attached hydrogens (tertiary/aromatic N) is 1. The monoisotopic (exact) mass is 563 g/mol. The number of hydrogen-bond donors (Lipinski definition) is 2. The van der Waals surface area contributed by atoms with Crippen LogP contribution >= 0.6 is 27.5 Å². The first-order chi connectivity index (χ1) is 15.5. The second kappa shape index (κ2) is 10.3. The molecule has 0 spiro atoms. The maximum absolute atomic E-state index is 13.5. The lowest BCUT2D eigenvalue weighted by molar-refractivity contribution is -0.139. The lowest BCUT2D eigenvalue weighted by atomic mass is 10.0. The van der Waals surface area contributed by atoms with Crippen LogP contribution in [-0.4, -0.2) is 38.6 Å². The number of alkyl halides is 3. The van der Waals surface area contributed by atoms with Gasteiger partial charge in [-0.2, -0.15) is 17.5 Å². The molecule has 0 aromatic heterocycles. The van der Waals surface area contributed by atoms with Crippen LogP contribution in [0.2, 0.25) is 0 Å². The van der Waals surface area contributed by atoms with Gasteiger partial charge in [0.25, 0.3) is 0 Å². The third-order valence-electron chi connectivity index (χ3n) is 5.43. The van der Waals surface area contributed by atoms with E-state index < -0.39 is 32.7 Å². The summed E-state index contributed by atoms with van der Waals surface area (Å²) >= 11 is 9.74. The Bertz CT molecular complexity index is 1190. The predicted octanol–water partition coefficient (Wildman–Crippen LogP) is 5.51. The molecule has 0 bridgehead atoms. The zero-order valence-electron chi connectivity index (χ0n) is 17.6. The number of sulfonamides is 1. The molecule has 1 aliphatic rings. The van der Waals surface area contributed by atoms with E-state index in [1.54, 1.807) is 25.1 Å². The van der Waals surface area contributed by atoms with Crippen LogP contribution in [0, 0.1) is 5.41 Å². The van der Waals surface area contributed by atoms with Gasteiger partial charge in [0, 0.05) is 41.8 Å². The molecule has 0 radical (unpaired) electrons. The molecular formula is C22H22BrClF3N3O2S. The molecular weight excluding hydrogens is 543 g/mol. The predicted molar refractivity (Wildman–Crippen MR) is 126 cm³/mol. The van der Waals surface area contributed by atoms with Crippen LogP contribution in [0.25, 0.3) is 0 Å². The van der Waals surface area contributed by atoms with Gasteiger partial charge in [-0.15, -0.1) is 0 Å². The minimum Gasteiger partial charge on any atom is -0.313 e. The molecule has 1 aliphatic heterocycles. The Morgan fingerprint density at radius 1 is 1.30 bits per heavy atom. The zero-order valence-corrected chi connectivity index (χ0v) is 20.7. The first kappa shape index (κ1) is 25.9. The molecule has 1 heterocycles.